The molecule has 0 spiro atoms. The summed E-state index contributed by atoms with van der Waals surface area (Å²) in [4.78, 5) is 0. The zero-order valence-corrected chi connectivity index (χ0v) is 8.92. The minimum absolute atomic E-state index is 0.0312. The first-order chi connectivity index (χ1) is 7.66. The van der Waals surface area contributed by atoms with Gasteiger partial charge in [0.25, 0.3) is 0 Å². The molecule has 0 fully saturated rings. The highest BCUT2D eigenvalue weighted by molar-refractivity contribution is 5.61. The number of anilines is 1. The Morgan fingerprint density at radius 2 is 2.31 bits per heavy atom. The van der Waals surface area contributed by atoms with Crippen molar-refractivity contribution >= 4 is 5.69 Å². The quantitative estimate of drug-likeness (QED) is 0.602. The number of para-hydroxylation sites is 1. The van der Waals surface area contributed by atoms with Crippen LogP contribution in [0.2, 0.25) is 0 Å². The summed E-state index contributed by atoms with van der Waals surface area (Å²) in [5.41, 5.74) is 6.86. The number of nitrogen functional groups attached to an aromatic ring is 1. The molecule has 0 bridgehead atoms. The minimum Gasteiger partial charge on any atom is -0.506 e. The van der Waals surface area contributed by atoms with Crippen LogP contribution in [0.3, 0.4) is 0 Å². The first kappa shape index (κ1) is 10.4. The molecular formula is C11H13N3O2. The monoisotopic (exact) mass is 219 g/mol. The van der Waals surface area contributed by atoms with Gasteiger partial charge in [-0.15, -0.1) is 0 Å². The molecule has 2 rings (SSSR count). The van der Waals surface area contributed by atoms with Gasteiger partial charge >= 0.3 is 0 Å². The molecule has 2 aromatic rings. The van der Waals surface area contributed by atoms with E-state index in [1.807, 2.05) is 13.2 Å². The van der Waals surface area contributed by atoms with Gasteiger partial charge < -0.3 is 15.6 Å². The molecule has 0 radical (unpaired) electrons. The summed E-state index contributed by atoms with van der Waals surface area (Å²) < 4.78 is 7.18. The SMILES string of the molecule is Cn1cc(COc2cccc(O)c2N)cn1. The van der Waals surface area contributed by atoms with Crippen LogP contribution in [0.25, 0.3) is 0 Å². The lowest BCUT2D eigenvalue weighted by Gasteiger charge is -2.08. The van der Waals surface area contributed by atoms with E-state index < -0.39 is 0 Å². The fourth-order valence-corrected chi connectivity index (χ4v) is 1.37. The Kier molecular flexibility index (Phi) is 2.68. The summed E-state index contributed by atoms with van der Waals surface area (Å²) >= 11 is 0. The number of hydrogen-bond acceptors (Lipinski definition) is 4. The van der Waals surface area contributed by atoms with Gasteiger partial charge in [0.15, 0.2) is 0 Å². The Bertz CT molecular complexity index is 494. The van der Waals surface area contributed by atoms with E-state index in [1.165, 1.54) is 6.07 Å². The summed E-state index contributed by atoms with van der Waals surface area (Å²) in [6.45, 7) is 0.376. The maximum atomic E-state index is 9.38. The molecule has 0 aliphatic carbocycles. The van der Waals surface area contributed by atoms with Crippen LogP contribution in [-0.2, 0) is 13.7 Å². The van der Waals surface area contributed by atoms with Gasteiger partial charge in [-0.05, 0) is 12.1 Å². The van der Waals surface area contributed by atoms with E-state index in [0.29, 0.717) is 12.4 Å². The molecule has 5 heteroatoms. The highest BCUT2D eigenvalue weighted by Crippen LogP contribution is 2.30. The van der Waals surface area contributed by atoms with Crippen LogP contribution in [0, 0.1) is 0 Å². The molecule has 1 aromatic heterocycles. The van der Waals surface area contributed by atoms with Gasteiger partial charge in [0, 0.05) is 18.8 Å². The molecule has 0 saturated heterocycles. The average molecular weight is 219 g/mol. The Morgan fingerprint density at radius 1 is 1.50 bits per heavy atom. The molecule has 5 nitrogen and oxygen atoms in total. The second-order valence-electron chi connectivity index (χ2n) is 3.50. The standard InChI is InChI=1S/C11H13N3O2/c1-14-6-8(5-13-14)7-16-10-4-2-3-9(15)11(10)12/h2-6,15H,7,12H2,1H3. The molecule has 0 amide bonds. The maximum Gasteiger partial charge on any atom is 0.146 e. The Hall–Kier alpha value is -2.17. The number of nitrogens with two attached hydrogens (primary N) is 1. The molecule has 84 valence electrons. The van der Waals surface area contributed by atoms with Crippen molar-refractivity contribution in [1.29, 1.82) is 0 Å². The molecule has 0 atom stereocenters. The summed E-state index contributed by atoms with van der Waals surface area (Å²) in [5, 5.41) is 13.4. The van der Waals surface area contributed by atoms with Gasteiger partial charge in [-0.3, -0.25) is 4.68 Å². The number of ether oxygens (including phenoxy) is 1. The van der Waals surface area contributed by atoms with E-state index >= 15 is 0 Å². The zero-order valence-electron chi connectivity index (χ0n) is 8.92. The van der Waals surface area contributed by atoms with Crippen LogP contribution in [0.15, 0.2) is 30.6 Å². The second kappa shape index (κ2) is 4.14. The van der Waals surface area contributed by atoms with Crippen molar-refractivity contribution in [3.8, 4) is 11.5 Å². The van der Waals surface area contributed by atoms with Gasteiger partial charge in [-0.25, -0.2) is 0 Å². The number of aryl methyl sites for hydroxylation is 1. The van der Waals surface area contributed by atoms with Crippen LogP contribution >= 0.6 is 0 Å². The normalized spacial score (nSPS) is 10.3. The molecule has 1 aromatic carbocycles. The summed E-state index contributed by atoms with van der Waals surface area (Å²) in [7, 11) is 1.84. The van der Waals surface area contributed by atoms with Crippen molar-refractivity contribution in [2.75, 3.05) is 5.73 Å². The zero-order chi connectivity index (χ0) is 11.5. The fraction of sp³-hybridized carbons (Fsp3) is 0.182. The lowest BCUT2D eigenvalue weighted by Crippen LogP contribution is -1.98. The minimum atomic E-state index is 0.0312. The van der Waals surface area contributed by atoms with Gasteiger partial charge in [0.1, 0.15) is 23.8 Å². The Balaban J connectivity index is 2.07. The van der Waals surface area contributed by atoms with Crippen molar-refractivity contribution in [2.24, 2.45) is 7.05 Å². The van der Waals surface area contributed by atoms with E-state index in [0.717, 1.165) is 5.56 Å². The highest BCUT2D eigenvalue weighted by atomic mass is 16.5. The Morgan fingerprint density at radius 3 is 3.00 bits per heavy atom. The van der Waals surface area contributed by atoms with E-state index in [1.54, 1.807) is 23.0 Å². The van der Waals surface area contributed by atoms with Crippen molar-refractivity contribution < 1.29 is 9.84 Å². The molecule has 0 saturated carbocycles. The van der Waals surface area contributed by atoms with Crippen molar-refractivity contribution in [3.05, 3.63) is 36.2 Å². The molecule has 0 aliphatic heterocycles. The smallest absolute Gasteiger partial charge is 0.146 e. The Labute approximate surface area is 93.1 Å². The van der Waals surface area contributed by atoms with Gasteiger partial charge in [0.05, 0.1) is 6.20 Å². The number of hydrogen-bond donors (Lipinski definition) is 2. The van der Waals surface area contributed by atoms with Crippen molar-refractivity contribution in [1.82, 2.24) is 9.78 Å². The van der Waals surface area contributed by atoms with E-state index in [9.17, 15) is 5.11 Å². The van der Waals surface area contributed by atoms with Crippen LogP contribution in [0.1, 0.15) is 5.56 Å². The van der Waals surface area contributed by atoms with Crippen LogP contribution < -0.4 is 10.5 Å². The number of aromatic nitrogens is 2. The highest BCUT2D eigenvalue weighted by Gasteiger charge is 2.05. The predicted molar refractivity (Wildman–Crippen MR) is 60.1 cm³/mol. The molecule has 0 unspecified atom stereocenters. The number of aromatic hydroxyl groups is 1. The molecule has 16 heavy (non-hydrogen) atoms. The third-order valence-electron chi connectivity index (χ3n) is 2.20. The number of nitrogens with zero attached hydrogens (tertiary/aromatic N) is 2. The topological polar surface area (TPSA) is 73.3 Å². The van der Waals surface area contributed by atoms with Gasteiger partial charge in [0.2, 0.25) is 0 Å². The number of phenolic OH excluding ortho intramolecular Hbond substituents is 1. The number of phenols is 1. The molecule has 0 aliphatic rings. The fourth-order valence-electron chi connectivity index (χ4n) is 1.37. The number of benzene rings is 1. The summed E-state index contributed by atoms with van der Waals surface area (Å²) in [5.74, 6) is 0.507. The van der Waals surface area contributed by atoms with Crippen molar-refractivity contribution in [3.63, 3.8) is 0 Å². The first-order valence-electron chi connectivity index (χ1n) is 4.84. The first-order valence-corrected chi connectivity index (χ1v) is 4.84. The third kappa shape index (κ3) is 2.08. The number of rotatable bonds is 3. The predicted octanol–water partition coefficient (Wildman–Crippen LogP) is 1.29. The largest absolute Gasteiger partial charge is 0.506 e. The van der Waals surface area contributed by atoms with Gasteiger partial charge in [-0.1, -0.05) is 6.07 Å². The van der Waals surface area contributed by atoms with E-state index in [2.05, 4.69) is 5.10 Å². The average Bonchev–Trinajstić information content (AvgIpc) is 2.67. The molecular weight excluding hydrogens is 206 g/mol. The lowest BCUT2D eigenvalue weighted by molar-refractivity contribution is 0.306. The van der Waals surface area contributed by atoms with Crippen LogP contribution in [-0.4, -0.2) is 14.9 Å². The molecule has 1 heterocycles. The van der Waals surface area contributed by atoms with E-state index in [4.69, 9.17) is 10.5 Å². The lowest BCUT2D eigenvalue weighted by atomic mass is 10.3. The maximum absolute atomic E-state index is 9.38. The summed E-state index contributed by atoms with van der Waals surface area (Å²) in [6.07, 6.45) is 3.58. The van der Waals surface area contributed by atoms with Gasteiger partial charge in [-0.2, -0.15) is 5.10 Å². The van der Waals surface area contributed by atoms with Crippen LogP contribution in [0.5, 0.6) is 11.5 Å². The molecule has 3 N–H and O–H groups in total. The van der Waals surface area contributed by atoms with Crippen LogP contribution in [0.4, 0.5) is 5.69 Å². The van der Waals surface area contributed by atoms with Crippen molar-refractivity contribution in [2.45, 2.75) is 6.61 Å². The second-order valence-corrected chi connectivity index (χ2v) is 3.50. The third-order valence-corrected chi connectivity index (χ3v) is 2.20. The van der Waals surface area contributed by atoms with E-state index in [-0.39, 0.29) is 11.4 Å². The summed E-state index contributed by atoms with van der Waals surface area (Å²) in [6, 6.07) is 4.92.